The maximum Gasteiger partial charge on any atom is 0.209 e. The van der Waals surface area contributed by atoms with Crippen LogP contribution in [0.1, 0.15) is 91.2 Å². The van der Waals surface area contributed by atoms with Gasteiger partial charge in [0.25, 0.3) is 0 Å². The normalized spacial score (nSPS) is 20.5. The smallest absolute Gasteiger partial charge is 0.209 e. The van der Waals surface area contributed by atoms with Crippen LogP contribution in [0.3, 0.4) is 0 Å². The van der Waals surface area contributed by atoms with Gasteiger partial charge in [-0.15, -0.1) is 0 Å². The lowest BCUT2D eigenvalue weighted by molar-refractivity contribution is -0.437. The highest BCUT2D eigenvalue weighted by atomic mass is 32.2. The van der Waals surface area contributed by atoms with E-state index in [1.807, 2.05) is 11.8 Å². The Balaban J connectivity index is 1.48. The van der Waals surface area contributed by atoms with Crippen molar-refractivity contribution in [2.45, 2.75) is 95.8 Å². The summed E-state index contributed by atoms with van der Waals surface area (Å²) < 4.78 is 2.56. The quantitative estimate of drug-likeness (QED) is 0.242. The second kappa shape index (κ2) is 13.0. The molecule has 3 aromatic rings. The molecule has 0 radical (unpaired) electrons. The first kappa shape index (κ1) is 31.4. The van der Waals surface area contributed by atoms with Gasteiger partial charge in [0.05, 0.1) is 5.41 Å². The summed E-state index contributed by atoms with van der Waals surface area (Å²) in [4.78, 5) is 2.76. The summed E-state index contributed by atoms with van der Waals surface area (Å²) >= 11 is 1.96. The fourth-order valence-corrected chi connectivity index (χ4v) is 8.60. The molecule has 0 saturated carbocycles. The number of hydrogen-bond acceptors (Lipinski definition) is 2. The van der Waals surface area contributed by atoms with Crippen LogP contribution < -0.4 is 5.32 Å². The van der Waals surface area contributed by atoms with Crippen molar-refractivity contribution in [1.29, 1.82) is 0 Å². The first-order valence-corrected chi connectivity index (χ1v) is 17.8. The molecule has 2 heterocycles. The number of hydrogen-bond donors (Lipinski definition) is 1. The van der Waals surface area contributed by atoms with Crippen molar-refractivity contribution in [2.75, 3.05) is 11.9 Å². The topological polar surface area (TPSA) is 15.0 Å². The summed E-state index contributed by atoms with van der Waals surface area (Å²) in [5.74, 6) is 0. The number of nitrogens with one attached hydrogen (secondary N) is 1. The molecule has 0 aromatic heterocycles. The predicted molar refractivity (Wildman–Crippen MR) is 195 cm³/mol. The molecule has 3 aromatic carbocycles. The molecule has 0 amide bonds. The summed E-state index contributed by atoms with van der Waals surface area (Å²) in [6.07, 6.45) is 14.2. The third kappa shape index (κ3) is 6.04. The van der Waals surface area contributed by atoms with E-state index in [9.17, 15) is 0 Å². The summed E-state index contributed by atoms with van der Waals surface area (Å²) in [6.45, 7) is 15.1. The van der Waals surface area contributed by atoms with Crippen LogP contribution in [0, 0.1) is 0 Å². The number of para-hydroxylation sites is 2. The lowest BCUT2D eigenvalue weighted by atomic mass is 9.81. The van der Waals surface area contributed by atoms with Crippen LogP contribution in [0.15, 0.2) is 129 Å². The minimum Gasteiger partial charge on any atom is -0.358 e. The first-order chi connectivity index (χ1) is 21.8. The fourth-order valence-electron chi connectivity index (χ4n) is 7.41. The van der Waals surface area contributed by atoms with Gasteiger partial charge in [-0.3, -0.25) is 0 Å². The van der Waals surface area contributed by atoms with Crippen LogP contribution in [0.4, 0.5) is 11.4 Å². The maximum absolute atomic E-state index is 3.81. The van der Waals surface area contributed by atoms with Crippen LogP contribution in [0.2, 0.25) is 0 Å². The number of allylic oxidation sites excluding steroid dienone is 7. The van der Waals surface area contributed by atoms with Crippen molar-refractivity contribution in [3.63, 3.8) is 0 Å². The maximum atomic E-state index is 3.81. The Morgan fingerprint density at radius 2 is 1.51 bits per heavy atom. The van der Waals surface area contributed by atoms with E-state index in [1.165, 1.54) is 66.9 Å². The van der Waals surface area contributed by atoms with E-state index in [4.69, 9.17) is 0 Å². The monoisotopic (exact) mass is 613 g/mol. The second-order valence-corrected chi connectivity index (χ2v) is 14.8. The van der Waals surface area contributed by atoms with Gasteiger partial charge >= 0.3 is 0 Å². The average Bonchev–Trinajstić information content (AvgIpc) is 3.42. The van der Waals surface area contributed by atoms with E-state index in [2.05, 4.69) is 149 Å². The van der Waals surface area contributed by atoms with Crippen molar-refractivity contribution >= 4 is 28.8 Å². The highest BCUT2D eigenvalue weighted by molar-refractivity contribution is 8.03. The average molecular weight is 614 g/mol. The van der Waals surface area contributed by atoms with E-state index in [-0.39, 0.29) is 10.8 Å². The Hall–Kier alpha value is -3.56. The molecule has 232 valence electrons. The Kier molecular flexibility index (Phi) is 9.11. The SMILES string of the molecule is CCCC(C=C1Nc2ccccc2C1(C)C)=C1CCCC(C=CC2=[N+](CCC)c3ccccc3C2(C)C)=C1Sc1ccccc1. The van der Waals surface area contributed by atoms with E-state index in [1.54, 1.807) is 0 Å². The highest BCUT2D eigenvalue weighted by Gasteiger charge is 2.43. The summed E-state index contributed by atoms with van der Waals surface area (Å²) in [7, 11) is 0. The standard InChI is InChI=1S/C42H48N2S/c1-7-17-31(29-38-41(3,4)34-22-12-14-24-36(34)43-38)33-21-16-18-30(40(33)45-32-19-10-9-11-20-32)26-27-39-42(5,6)35-23-13-15-25-37(35)44(39)28-8-2/h9-15,19-20,22-27,29H,7-8,16-18,21,28H2,1-6H3/p+1. The molecule has 2 aliphatic heterocycles. The number of anilines is 1. The molecule has 0 bridgehead atoms. The van der Waals surface area contributed by atoms with E-state index in [0.29, 0.717) is 0 Å². The molecule has 3 heteroatoms. The van der Waals surface area contributed by atoms with Gasteiger partial charge in [0.1, 0.15) is 6.54 Å². The van der Waals surface area contributed by atoms with Gasteiger partial charge in [0, 0.05) is 50.7 Å². The van der Waals surface area contributed by atoms with E-state index < -0.39 is 0 Å². The van der Waals surface area contributed by atoms with Crippen molar-refractivity contribution in [3.05, 3.63) is 136 Å². The summed E-state index contributed by atoms with van der Waals surface area (Å²) in [5.41, 5.74) is 12.5. The molecule has 45 heavy (non-hydrogen) atoms. The first-order valence-electron chi connectivity index (χ1n) is 16.9. The zero-order chi connectivity index (χ0) is 31.6. The van der Waals surface area contributed by atoms with Gasteiger partial charge in [-0.25, -0.2) is 0 Å². The molecule has 0 saturated heterocycles. The largest absolute Gasteiger partial charge is 0.358 e. The third-order valence-corrected chi connectivity index (χ3v) is 11.1. The zero-order valence-corrected chi connectivity index (χ0v) is 28.9. The molecule has 6 rings (SSSR count). The predicted octanol–water partition coefficient (Wildman–Crippen LogP) is 11.6. The minimum atomic E-state index is -0.0492. The number of thioether (sulfide) groups is 1. The third-order valence-electron chi connectivity index (χ3n) is 9.86. The Morgan fingerprint density at radius 3 is 2.24 bits per heavy atom. The van der Waals surface area contributed by atoms with Gasteiger partial charge < -0.3 is 5.32 Å². The van der Waals surface area contributed by atoms with Crippen molar-refractivity contribution in [1.82, 2.24) is 0 Å². The number of benzene rings is 3. The Bertz CT molecular complexity index is 1730. The minimum absolute atomic E-state index is 0.0323. The number of rotatable bonds is 9. The van der Waals surface area contributed by atoms with Gasteiger partial charge in [0.2, 0.25) is 5.69 Å². The van der Waals surface area contributed by atoms with Gasteiger partial charge in [-0.1, -0.05) is 107 Å². The molecule has 0 spiro atoms. The van der Waals surface area contributed by atoms with Crippen molar-refractivity contribution in [3.8, 4) is 0 Å². The van der Waals surface area contributed by atoms with Crippen LogP contribution in [0.5, 0.6) is 0 Å². The molecule has 2 nitrogen and oxygen atoms in total. The molecule has 3 aliphatic rings. The van der Waals surface area contributed by atoms with Crippen molar-refractivity contribution < 1.29 is 4.58 Å². The van der Waals surface area contributed by atoms with Crippen LogP contribution in [-0.2, 0) is 10.8 Å². The fraction of sp³-hybridized carbons (Fsp3) is 0.357. The van der Waals surface area contributed by atoms with Gasteiger partial charge in [-0.05, 0) is 86.1 Å². The molecule has 0 fully saturated rings. The lowest BCUT2D eigenvalue weighted by Crippen LogP contribution is -2.27. The van der Waals surface area contributed by atoms with Crippen LogP contribution >= 0.6 is 11.8 Å². The van der Waals surface area contributed by atoms with E-state index in [0.717, 1.165) is 38.6 Å². The van der Waals surface area contributed by atoms with Crippen LogP contribution in [0.25, 0.3) is 0 Å². The molecular weight excluding hydrogens is 565 g/mol. The Morgan fingerprint density at radius 1 is 0.800 bits per heavy atom. The van der Waals surface area contributed by atoms with E-state index >= 15 is 0 Å². The van der Waals surface area contributed by atoms with Crippen molar-refractivity contribution in [2.24, 2.45) is 0 Å². The Labute approximate surface area is 275 Å². The van der Waals surface area contributed by atoms with Crippen LogP contribution in [-0.4, -0.2) is 16.8 Å². The summed E-state index contributed by atoms with van der Waals surface area (Å²) in [6, 6.07) is 28.7. The van der Waals surface area contributed by atoms with Gasteiger partial charge in [0.15, 0.2) is 5.71 Å². The molecule has 1 aliphatic carbocycles. The number of fused-ring (bicyclic) bond motifs is 2. The zero-order valence-electron chi connectivity index (χ0n) is 28.0. The molecule has 0 unspecified atom stereocenters. The highest BCUT2D eigenvalue weighted by Crippen LogP contribution is 2.47. The second-order valence-electron chi connectivity index (χ2n) is 13.7. The van der Waals surface area contributed by atoms with Gasteiger partial charge in [-0.2, -0.15) is 4.58 Å². The molecule has 0 atom stereocenters. The molecule has 1 N–H and O–H groups in total. The molecular formula is C42H49N2S+. The lowest BCUT2D eigenvalue weighted by Gasteiger charge is -2.26. The summed E-state index contributed by atoms with van der Waals surface area (Å²) in [5, 5.41) is 3.81. The number of nitrogens with zero attached hydrogens (tertiary/aromatic N) is 1.